The van der Waals surface area contributed by atoms with Gasteiger partial charge < -0.3 is 10.1 Å². The van der Waals surface area contributed by atoms with Gasteiger partial charge in [-0.2, -0.15) is 0 Å². The predicted octanol–water partition coefficient (Wildman–Crippen LogP) is 1.34. The van der Waals surface area contributed by atoms with E-state index in [4.69, 9.17) is 4.74 Å². The number of ether oxygens (including phenoxy) is 1. The van der Waals surface area contributed by atoms with Crippen molar-refractivity contribution >= 4 is 0 Å². The lowest BCUT2D eigenvalue weighted by Gasteiger charge is -2.42. The molecule has 4 heteroatoms. The molecule has 1 aromatic heterocycles. The molecule has 2 aliphatic heterocycles. The Kier molecular flexibility index (Phi) is 2.52. The lowest BCUT2D eigenvalue weighted by Crippen LogP contribution is -2.49. The van der Waals surface area contributed by atoms with E-state index in [1.165, 1.54) is 25.8 Å². The second-order valence-corrected chi connectivity index (χ2v) is 4.78. The van der Waals surface area contributed by atoms with Crippen LogP contribution >= 0.6 is 0 Å². The lowest BCUT2D eigenvalue weighted by atomic mass is 9.73. The Hall–Kier alpha value is -1.16. The zero-order chi connectivity index (χ0) is 11.0. The summed E-state index contributed by atoms with van der Waals surface area (Å²) in [7, 11) is 1.62. The number of hydrogen-bond acceptors (Lipinski definition) is 4. The molecular weight excluding hydrogens is 202 g/mol. The fourth-order valence-corrected chi connectivity index (χ4v) is 2.96. The van der Waals surface area contributed by atoms with Crippen molar-refractivity contribution < 1.29 is 4.74 Å². The Morgan fingerprint density at radius 2 is 2.25 bits per heavy atom. The first kappa shape index (κ1) is 10.0. The van der Waals surface area contributed by atoms with Gasteiger partial charge in [-0.05, 0) is 31.7 Å². The van der Waals surface area contributed by atoms with Crippen molar-refractivity contribution in [3.8, 4) is 5.88 Å². The van der Waals surface area contributed by atoms with Gasteiger partial charge >= 0.3 is 0 Å². The van der Waals surface area contributed by atoms with E-state index in [-0.39, 0.29) is 0 Å². The van der Waals surface area contributed by atoms with Gasteiger partial charge in [-0.15, -0.1) is 0 Å². The van der Waals surface area contributed by atoms with Gasteiger partial charge in [0.2, 0.25) is 5.88 Å². The maximum Gasteiger partial charge on any atom is 0.231 e. The van der Waals surface area contributed by atoms with Crippen molar-refractivity contribution in [2.24, 2.45) is 5.92 Å². The zero-order valence-electron chi connectivity index (χ0n) is 9.52. The first-order valence-corrected chi connectivity index (χ1v) is 5.96. The molecule has 1 N–H and O–H groups in total. The fourth-order valence-electron chi connectivity index (χ4n) is 2.96. The van der Waals surface area contributed by atoms with E-state index in [1.54, 1.807) is 13.3 Å². The molecule has 3 unspecified atom stereocenters. The smallest absolute Gasteiger partial charge is 0.231 e. The summed E-state index contributed by atoms with van der Waals surface area (Å²) in [6.45, 7) is 1.19. The summed E-state index contributed by atoms with van der Waals surface area (Å²) in [5.74, 6) is 1.97. The number of hydrogen-bond donors (Lipinski definition) is 1. The molecule has 0 amide bonds. The van der Waals surface area contributed by atoms with Crippen molar-refractivity contribution in [1.29, 1.82) is 0 Å². The Morgan fingerprint density at radius 3 is 2.75 bits per heavy atom. The summed E-state index contributed by atoms with van der Waals surface area (Å²) in [6, 6.07) is 0.604. The molecule has 3 fully saturated rings. The van der Waals surface area contributed by atoms with Gasteiger partial charge in [0, 0.05) is 12.0 Å². The third-order valence-corrected chi connectivity index (χ3v) is 3.86. The van der Waals surface area contributed by atoms with Gasteiger partial charge in [0.15, 0.2) is 0 Å². The number of fused-ring (bicyclic) bond motifs is 3. The summed E-state index contributed by atoms with van der Waals surface area (Å²) in [5.41, 5.74) is 1.11. The first-order chi connectivity index (χ1) is 7.86. The standard InChI is InChI=1S/C12H17N3O/c1-16-12-7-14-11(6-15-12)9-4-8-2-3-10(9)13-5-8/h6-10,13H,2-5H2,1H3. The summed E-state index contributed by atoms with van der Waals surface area (Å²) in [5, 5.41) is 3.60. The van der Waals surface area contributed by atoms with Gasteiger partial charge in [0.25, 0.3) is 0 Å². The molecule has 0 spiro atoms. The van der Waals surface area contributed by atoms with Gasteiger partial charge in [0.05, 0.1) is 25.2 Å². The highest BCUT2D eigenvalue weighted by Crippen LogP contribution is 2.38. The molecule has 2 saturated heterocycles. The molecule has 16 heavy (non-hydrogen) atoms. The third kappa shape index (κ3) is 1.67. The molecule has 1 aliphatic carbocycles. The van der Waals surface area contributed by atoms with Crippen LogP contribution in [0.5, 0.6) is 5.88 Å². The highest BCUT2D eigenvalue weighted by molar-refractivity contribution is 5.15. The molecule has 86 valence electrons. The summed E-state index contributed by atoms with van der Waals surface area (Å²) >= 11 is 0. The Morgan fingerprint density at radius 1 is 1.31 bits per heavy atom. The highest BCUT2D eigenvalue weighted by atomic mass is 16.5. The molecule has 3 heterocycles. The number of nitrogens with one attached hydrogen (secondary N) is 1. The van der Waals surface area contributed by atoms with Crippen LogP contribution in [0.25, 0.3) is 0 Å². The number of rotatable bonds is 2. The van der Waals surface area contributed by atoms with E-state index in [0.717, 1.165) is 11.6 Å². The van der Waals surface area contributed by atoms with Crippen molar-refractivity contribution in [3.05, 3.63) is 18.1 Å². The van der Waals surface area contributed by atoms with Crippen molar-refractivity contribution in [3.63, 3.8) is 0 Å². The minimum absolute atomic E-state index is 0.547. The maximum absolute atomic E-state index is 5.03. The molecule has 4 rings (SSSR count). The van der Waals surface area contributed by atoms with Gasteiger partial charge in [0.1, 0.15) is 0 Å². The van der Waals surface area contributed by atoms with E-state index in [2.05, 4.69) is 15.3 Å². The molecular formula is C12H17N3O. The summed E-state index contributed by atoms with van der Waals surface area (Å²) < 4.78 is 5.03. The maximum atomic E-state index is 5.03. The van der Waals surface area contributed by atoms with Crippen LogP contribution in [0.15, 0.2) is 12.4 Å². The summed E-state index contributed by atoms with van der Waals surface area (Å²) in [6.07, 6.45) is 7.50. The van der Waals surface area contributed by atoms with Crippen LogP contribution in [0.4, 0.5) is 0 Å². The summed E-state index contributed by atoms with van der Waals surface area (Å²) in [4.78, 5) is 8.71. The van der Waals surface area contributed by atoms with Crippen molar-refractivity contribution in [1.82, 2.24) is 15.3 Å². The topological polar surface area (TPSA) is 47.0 Å². The molecule has 1 saturated carbocycles. The molecule has 3 atom stereocenters. The van der Waals surface area contributed by atoms with Crippen LogP contribution in [0.3, 0.4) is 0 Å². The second kappa shape index (κ2) is 4.01. The van der Waals surface area contributed by atoms with Gasteiger partial charge in [-0.3, -0.25) is 4.98 Å². The average Bonchev–Trinajstić information content (AvgIpc) is 2.40. The second-order valence-electron chi connectivity index (χ2n) is 4.78. The third-order valence-electron chi connectivity index (χ3n) is 3.86. The molecule has 0 aromatic carbocycles. The number of aromatic nitrogens is 2. The largest absolute Gasteiger partial charge is 0.480 e. The molecule has 3 aliphatic rings. The van der Waals surface area contributed by atoms with E-state index in [9.17, 15) is 0 Å². The Bertz CT molecular complexity index is 357. The van der Waals surface area contributed by atoms with E-state index >= 15 is 0 Å². The van der Waals surface area contributed by atoms with Crippen LogP contribution in [0.2, 0.25) is 0 Å². The first-order valence-electron chi connectivity index (χ1n) is 5.96. The van der Waals surface area contributed by atoms with E-state index in [0.29, 0.717) is 17.8 Å². The SMILES string of the molecule is COc1cnc(C2CC3CCC2NC3)cn1. The highest BCUT2D eigenvalue weighted by Gasteiger charge is 2.36. The number of nitrogens with zero attached hydrogens (tertiary/aromatic N) is 2. The van der Waals surface area contributed by atoms with Crippen LogP contribution in [-0.2, 0) is 0 Å². The minimum atomic E-state index is 0.547. The van der Waals surface area contributed by atoms with E-state index < -0.39 is 0 Å². The minimum Gasteiger partial charge on any atom is -0.480 e. The predicted molar refractivity (Wildman–Crippen MR) is 60.5 cm³/mol. The van der Waals surface area contributed by atoms with Gasteiger partial charge in [-0.1, -0.05) is 0 Å². The molecule has 0 radical (unpaired) electrons. The quantitative estimate of drug-likeness (QED) is 0.815. The fraction of sp³-hybridized carbons (Fsp3) is 0.667. The monoisotopic (exact) mass is 219 g/mol. The van der Waals surface area contributed by atoms with Gasteiger partial charge in [-0.25, -0.2) is 4.98 Å². The molecule has 1 aromatic rings. The van der Waals surface area contributed by atoms with E-state index in [1.807, 2.05) is 6.20 Å². The van der Waals surface area contributed by atoms with Crippen LogP contribution in [0.1, 0.15) is 30.9 Å². The van der Waals surface area contributed by atoms with Crippen LogP contribution in [0, 0.1) is 5.92 Å². The zero-order valence-corrected chi connectivity index (χ0v) is 9.52. The average molecular weight is 219 g/mol. The molecule has 2 bridgehead atoms. The van der Waals surface area contributed by atoms with Crippen LogP contribution < -0.4 is 10.1 Å². The lowest BCUT2D eigenvalue weighted by molar-refractivity contribution is 0.180. The number of piperidine rings is 2. The van der Waals surface area contributed by atoms with Crippen molar-refractivity contribution in [2.75, 3.05) is 13.7 Å². The van der Waals surface area contributed by atoms with Crippen molar-refractivity contribution in [2.45, 2.75) is 31.2 Å². The number of methoxy groups -OCH3 is 1. The normalized spacial score (nSPS) is 32.7. The Labute approximate surface area is 95.4 Å². The molecule has 4 nitrogen and oxygen atoms in total. The Balaban J connectivity index is 1.81. The van der Waals surface area contributed by atoms with Crippen LogP contribution in [-0.4, -0.2) is 29.7 Å².